The van der Waals surface area contributed by atoms with Gasteiger partial charge in [-0.2, -0.15) is 13.2 Å². The van der Waals surface area contributed by atoms with E-state index in [0.717, 1.165) is 39.3 Å². The first-order valence-corrected chi connectivity index (χ1v) is 14.8. The molecule has 0 aromatic heterocycles. The van der Waals surface area contributed by atoms with E-state index in [4.69, 9.17) is 16.3 Å². The van der Waals surface area contributed by atoms with Crippen LogP contribution in [0, 0.1) is 11.8 Å². The zero-order valence-corrected chi connectivity index (χ0v) is 24.3. The van der Waals surface area contributed by atoms with E-state index in [1.165, 1.54) is 0 Å². The second-order valence-electron chi connectivity index (χ2n) is 11.3. The van der Waals surface area contributed by atoms with Crippen LogP contribution in [0.15, 0.2) is 66.7 Å². The third kappa shape index (κ3) is 4.95. The van der Waals surface area contributed by atoms with E-state index in [-0.39, 0.29) is 29.0 Å². The van der Waals surface area contributed by atoms with Crippen molar-refractivity contribution in [2.24, 2.45) is 11.8 Å². The largest absolute Gasteiger partial charge is 0.454 e. The van der Waals surface area contributed by atoms with Gasteiger partial charge in [0.25, 0.3) is 5.91 Å². The number of halogens is 4. The summed E-state index contributed by atoms with van der Waals surface area (Å²) in [5.41, 5.74) is 2.68. The van der Waals surface area contributed by atoms with Gasteiger partial charge in [0.15, 0.2) is 6.61 Å². The number of imide groups is 1. The van der Waals surface area contributed by atoms with E-state index in [1.807, 2.05) is 55.5 Å². The number of nitrogens with zero attached hydrogens (tertiary/aromatic N) is 1. The van der Waals surface area contributed by atoms with E-state index in [9.17, 15) is 32.3 Å². The van der Waals surface area contributed by atoms with Crippen molar-refractivity contribution >= 4 is 41.0 Å². The lowest BCUT2D eigenvalue weighted by molar-refractivity contribution is -0.160. The van der Waals surface area contributed by atoms with E-state index in [2.05, 4.69) is 5.32 Å². The highest BCUT2D eigenvalue weighted by atomic mass is 35.5. The number of hydrogen-bond donors (Lipinski definition) is 1. The third-order valence-corrected chi connectivity index (χ3v) is 9.14. The maximum absolute atomic E-state index is 14.1. The molecule has 0 radical (unpaired) electrons. The monoisotopic (exact) mass is 624 g/mol. The van der Waals surface area contributed by atoms with Gasteiger partial charge in [-0.15, -0.1) is 0 Å². The number of rotatable bonds is 8. The van der Waals surface area contributed by atoms with E-state index >= 15 is 0 Å². The summed E-state index contributed by atoms with van der Waals surface area (Å²) < 4.78 is 44.6. The Morgan fingerprint density at radius 1 is 0.909 bits per heavy atom. The van der Waals surface area contributed by atoms with E-state index in [0.29, 0.717) is 18.9 Å². The van der Waals surface area contributed by atoms with Gasteiger partial charge < -0.3 is 10.1 Å². The Hall–Kier alpha value is -4.18. The number of anilines is 1. The smallest absolute Gasteiger partial charge is 0.416 e. The van der Waals surface area contributed by atoms with Gasteiger partial charge in [0.2, 0.25) is 11.8 Å². The van der Waals surface area contributed by atoms with Crippen molar-refractivity contribution in [3.8, 4) is 0 Å². The van der Waals surface area contributed by atoms with Gasteiger partial charge in [0.1, 0.15) is 6.04 Å². The Balaban J connectivity index is 1.23. The van der Waals surface area contributed by atoms with Crippen molar-refractivity contribution in [2.45, 2.75) is 50.2 Å². The summed E-state index contributed by atoms with van der Waals surface area (Å²) in [6.07, 6.45) is -3.34. The fourth-order valence-corrected chi connectivity index (χ4v) is 7.14. The summed E-state index contributed by atoms with van der Waals surface area (Å²) in [6, 6.07) is 16.8. The number of carbonyl (C=O) groups is 4. The molecule has 3 aromatic carbocycles. The molecule has 7 rings (SSSR count). The van der Waals surface area contributed by atoms with Gasteiger partial charge in [-0.3, -0.25) is 19.3 Å². The SMILES string of the molecule is CCCC[C@@H](C(=O)OCC(=O)Nc1cc(C(F)(F)F)ccc1Cl)N1C(=O)[C@@H]2C3c4ccccc4C(c4ccccc43)[C@@H]2C1=O. The zero-order valence-electron chi connectivity index (χ0n) is 23.6. The molecule has 3 aliphatic carbocycles. The molecule has 11 heteroatoms. The molecule has 1 heterocycles. The standard InChI is InChI=1S/C33H28ClF3N2O5/c1-2-3-12-24(32(43)44-16-25(40)38-23-15-17(33(35,36)37)13-14-22(23)34)39-30(41)28-26-18-8-4-5-9-19(18)27(29(28)31(39)42)21-11-7-6-10-20(21)26/h4-11,13-15,24,26-29H,2-3,12,16H2,1H3,(H,38,40)/t24-,26?,27?,28-,29+/m0/s1. The first-order valence-electron chi connectivity index (χ1n) is 14.4. The van der Waals surface area contributed by atoms with Crippen LogP contribution in [0.5, 0.6) is 0 Å². The minimum atomic E-state index is -4.66. The molecule has 7 nitrogen and oxygen atoms in total. The Morgan fingerprint density at radius 2 is 1.43 bits per heavy atom. The lowest BCUT2D eigenvalue weighted by Gasteiger charge is -2.45. The van der Waals surface area contributed by atoms with Crippen LogP contribution in [0.2, 0.25) is 5.02 Å². The molecule has 1 N–H and O–H groups in total. The lowest BCUT2D eigenvalue weighted by atomic mass is 9.55. The van der Waals surface area contributed by atoms with Crippen LogP contribution in [0.25, 0.3) is 0 Å². The number of likely N-dealkylation sites (tertiary alicyclic amines) is 1. The Kier molecular flexibility index (Phi) is 7.73. The van der Waals surface area contributed by atoms with Gasteiger partial charge in [0, 0.05) is 11.8 Å². The first kappa shape index (κ1) is 29.9. The molecular weight excluding hydrogens is 597 g/mol. The summed E-state index contributed by atoms with van der Waals surface area (Å²) in [7, 11) is 0. The highest BCUT2D eigenvalue weighted by Gasteiger charge is 2.63. The molecule has 1 saturated heterocycles. The predicted molar refractivity (Wildman–Crippen MR) is 155 cm³/mol. The number of hydrogen-bond acceptors (Lipinski definition) is 5. The van der Waals surface area contributed by atoms with Gasteiger partial charge >= 0.3 is 12.1 Å². The topological polar surface area (TPSA) is 92.8 Å². The fraction of sp³-hybridized carbons (Fsp3) is 0.333. The first-order chi connectivity index (χ1) is 21.0. The number of nitrogens with one attached hydrogen (secondary N) is 1. The van der Waals surface area contributed by atoms with Gasteiger partial charge in [-0.1, -0.05) is 79.9 Å². The van der Waals surface area contributed by atoms with Crippen LogP contribution in [-0.4, -0.2) is 41.2 Å². The number of benzene rings is 3. The summed E-state index contributed by atoms with van der Waals surface area (Å²) in [4.78, 5) is 55.3. The molecule has 2 bridgehead atoms. The predicted octanol–water partition coefficient (Wildman–Crippen LogP) is 6.29. The minimum absolute atomic E-state index is 0.133. The molecule has 228 valence electrons. The molecule has 0 unspecified atom stereocenters. The van der Waals surface area contributed by atoms with E-state index in [1.54, 1.807) is 0 Å². The molecular formula is C33H28ClF3N2O5. The number of carbonyl (C=O) groups excluding carboxylic acids is 4. The molecule has 1 fully saturated rings. The second-order valence-corrected chi connectivity index (χ2v) is 11.7. The van der Waals surface area contributed by atoms with Crippen molar-refractivity contribution < 1.29 is 37.1 Å². The fourth-order valence-electron chi connectivity index (χ4n) is 6.97. The van der Waals surface area contributed by atoms with Gasteiger partial charge in [-0.25, -0.2) is 4.79 Å². The van der Waals surface area contributed by atoms with Crippen LogP contribution in [0.1, 0.15) is 65.8 Å². The number of amides is 3. The molecule has 0 spiro atoms. The summed E-state index contributed by atoms with van der Waals surface area (Å²) in [5, 5.41) is 2.10. The van der Waals surface area contributed by atoms with Gasteiger partial charge in [-0.05, 0) is 46.9 Å². The van der Waals surface area contributed by atoms with Crippen molar-refractivity contribution in [1.29, 1.82) is 0 Å². The molecule has 0 saturated carbocycles. The highest BCUT2D eigenvalue weighted by Crippen LogP contribution is 2.61. The average Bonchev–Trinajstić information content (AvgIpc) is 3.27. The maximum Gasteiger partial charge on any atom is 0.416 e. The second kappa shape index (κ2) is 11.4. The molecule has 1 aliphatic heterocycles. The van der Waals surface area contributed by atoms with Crippen LogP contribution in [-0.2, 0) is 30.1 Å². The Bertz CT molecular complexity index is 1560. The highest BCUT2D eigenvalue weighted by molar-refractivity contribution is 6.33. The van der Waals surface area contributed by atoms with Crippen molar-refractivity contribution in [3.05, 3.63) is 99.6 Å². The van der Waals surface area contributed by atoms with Crippen LogP contribution in [0.3, 0.4) is 0 Å². The maximum atomic E-state index is 14.1. The number of ether oxygens (including phenoxy) is 1. The van der Waals surface area contributed by atoms with Crippen molar-refractivity contribution in [2.75, 3.05) is 11.9 Å². The zero-order chi connectivity index (χ0) is 31.3. The normalized spacial score (nSPS) is 22.2. The molecule has 4 aliphatic rings. The van der Waals surface area contributed by atoms with Crippen LogP contribution >= 0.6 is 11.6 Å². The molecule has 44 heavy (non-hydrogen) atoms. The number of alkyl halides is 3. The summed E-state index contributed by atoms with van der Waals surface area (Å²) in [6.45, 7) is 1.05. The molecule has 3 amide bonds. The van der Waals surface area contributed by atoms with Crippen LogP contribution < -0.4 is 5.32 Å². The minimum Gasteiger partial charge on any atom is -0.454 e. The molecule has 3 aromatic rings. The quantitative estimate of drug-likeness (QED) is 0.235. The summed E-state index contributed by atoms with van der Waals surface area (Å²) >= 11 is 5.96. The van der Waals surface area contributed by atoms with E-state index < -0.39 is 59.9 Å². The Morgan fingerprint density at radius 3 is 1.91 bits per heavy atom. The van der Waals surface area contributed by atoms with Crippen molar-refractivity contribution in [3.63, 3.8) is 0 Å². The van der Waals surface area contributed by atoms with Crippen molar-refractivity contribution in [1.82, 2.24) is 4.90 Å². The Labute approximate surface area is 256 Å². The third-order valence-electron chi connectivity index (χ3n) is 8.81. The van der Waals surface area contributed by atoms with Gasteiger partial charge in [0.05, 0.1) is 28.1 Å². The number of esters is 1. The van der Waals surface area contributed by atoms with Crippen LogP contribution in [0.4, 0.5) is 18.9 Å². The number of unbranched alkanes of at least 4 members (excludes halogenated alkanes) is 1. The lowest BCUT2D eigenvalue weighted by Crippen LogP contribution is -2.47. The molecule has 3 atom stereocenters. The summed E-state index contributed by atoms with van der Waals surface area (Å²) in [5.74, 6) is -4.80. The average molecular weight is 625 g/mol.